The second kappa shape index (κ2) is 6.60. The summed E-state index contributed by atoms with van der Waals surface area (Å²) in [4.78, 5) is 7.79. The molecule has 4 aromatic rings. The van der Waals surface area contributed by atoms with Crippen LogP contribution in [0.3, 0.4) is 0 Å². The van der Waals surface area contributed by atoms with Crippen molar-refractivity contribution in [1.82, 2.24) is 4.98 Å². The third-order valence-electron chi connectivity index (χ3n) is 5.92. The van der Waals surface area contributed by atoms with Crippen LogP contribution in [0.5, 0.6) is 11.5 Å². The zero-order chi connectivity index (χ0) is 19.4. The van der Waals surface area contributed by atoms with Gasteiger partial charge >= 0.3 is 0 Å². The van der Waals surface area contributed by atoms with Gasteiger partial charge in [-0.05, 0) is 73.6 Å². The van der Waals surface area contributed by atoms with E-state index in [4.69, 9.17) is 14.5 Å². The Morgan fingerprint density at radius 1 is 0.897 bits per heavy atom. The summed E-state index contributed by atoms with van der Waals surface area (Å²) in [5, 5.41) is 1.36. The Kier molecular flexibility index (Phi) is 3.88. The lowest BCUT2D eigenvalue weighted by atomic mass is 9.91. The second-order valence-electron chi connectivity index (χ2n) is 7.88. The Hall–Kier alpha value is -2.85. The monoisotopic (exact) mass is 399 g/mol. The molecule has 0 bridgehead atoms. The third kappa shape index (κ3) is 2.82. The van der Waals surface area contributed by atoms with Gasteiger partial charge in [0.05, 0.1) is 5.69 Å². The molecular weight excluding hydrogens is 378 g/mol. The Bertz CT molecular complexity index is 1260. The third-order valence-corrected chi connectivity index (χ3v) is 7.11. The lowest BCUT2D eigenvalue weighted by Crippen LogP contribution is -1.99. The second-order valence-corrected chi connectivity index (χ2v) is 8.97. The van der Waals surface area contributed by atoms with Crippen LogP contribution in [-0.2, 0) is 12.8 Å². The van der Waals surface area contributed by atoms with Crippen LogP contribution in [0, 0.1) is 6.92 Å². The number of fused-ring (bicyclic) bond motifs is 4. The maximum Gasteiger partial charge on any atom is 0.231 e. The Morgan fingerprint density at radius 3 is 2.72 bits per heavy atom. The van der Waals surface area contributed by atoms with Crippen LogP contribution >= 0.6 is 11.3 Å². The minimum absolute atomic E-state index is 0.289. The number of nitrogens with zero attached hydrogens (tertiary/aromatic N) is 1. The van der Waals surface area contributed by atoms with E-state index in [1.54, 1.807) is 0 Å². The lowest BCUT2D eigenvalue weighted by molar-refractivity contribution is 0.174. The van der Waals surface area contributed by atoms with Gasteiger partial charge in [-0.3, -0.25) is 0 Å². The molecule has 0 unspecified atom stereocenters. The number of benzene rings is 2. The minimum Gasteiger partial charge on any atom is -0.454 e. The van der Waals surface area contributed by atoms with Crippen molar-refractivity contribution in [2.45, 2.75) is 32.6 Å². The molecule has 1 aliphatic carbocycles. The molecule has 6 rings (SSSR count). The Balaban J connectivity index is 1.61. The van der Waals surface area contributed by atoms with Crippen molar-refractivity contribution in [2.75, 3.05) is 6.79 Å². The summed E-state index contributed by atoms with van der Waals surface area (Å²) in [6.45, 7) is 2.45. The van der Waals surface area contributed by atoms with Gasteiger partial charge in [0.25, 0.3) is 0 Å². The van der Waals surface area contributed by atoms with Crippen molar-refractivity contribution < 1.29 is 9.47 Å². The number of thiophene rings is 1. The molecule has 29 heavy (non-hydrogen) atoms. The first-order chi connectivity index (χ1) is 14.3. The molecule has 144 valence electrons. The van der Waals surface area contributed by atoms with Gasteiger partial charge in [-0.15, -0.1) is 11.3 Å². The predicted molar refractivity (Wildman–Crippen MR) is 118 cm³/mol. The fourth-order valence-electron chi connectivity index (χ4n) is 4.50. The van der Waals surface area contributed by atoms with E-state index in [0.717, 1.165) is 27.6 Å². The largest absolute Gasteiger partial charge is 0.454 e. The number of aromatic nitrogens is 1. The molecule has 0 N–H and O–H groups in total. The molecule has 0 amide bonds. The van der Waals surface area contributed by atoms with E-state index < -0.39 is 0 Å². The molecule has 2 aromatic heterocycles. The van der Waals surface area contributed by atoms with Crippen LogP contribution in [0.15, 0.2) is 48.5 Å². The molecule has 1 aliphatic heterocycles. The maximum absolute atomic E-state index is 5.60. The van der Waals surface area contributed by atoms with Crippen LogP contribution in [0.25, 0.3) is 32.6 Å². The highest BCUT2D eigenvalue weighted by Crippen LogP contribution is 2.43. The zero-order valence-electron chi connectivity index (χ0n) is 16.3. The zero-order valence-corrected chi connectivity index (χ0v) is 17.1. The summed E-state index contributed by atoms with van der Waals surface area (Å²) in [5.41, 5.74) is 7.43. The molecule has 0 saturated heterocycles. The van der Waals surface area contributed by atoms with E-state index in [1.165, 1.54) is 58.2 Å². The van der Waals surface area contributed by atoms with E-state index >= 15 is 0 Å². The summed E-state index contributed by atoms with van der Waals surface area (Å²) >= 11 is 1.88. The van der Waals surface area contributed by atoms with Crippen LogP contribution in [0.1, 0.15) is 28.8 Å². The van der Waals surface area contributed by atoms with E-state index in [-0.39, 0.29) is 6.79 Å². The normalized spacial score (nSPS) is 14.9. The summed E-state index contributed by atoms with van der Waals surface area (Å²) in [5.74, 6) is 1.60. The molecule has 0 radical (unpaired) electrons. The molecule has 3 heterocycles. The summed E-state index contributed by atoms with van der Waals surface area (Å²) in [6, 6.07) is 17.2. The van der Waals surface area contributed by atoms with Gasteiger partial charge in [0.15, 0.2) is 11.5 Å². The highest BCUT2D eigenvalue weighted by atomic mass is 32.1. The van der Waals surface area contributed by atoms with Crippen molar-refractivity contribution in [3.63, 3.8) is 0 Å². The maximum atomic E-state index is 5.60. The fraction of sp³-hybridized carbons (Fsp3) is 0.240. The van der Waals surface area contributed by atoms with Crippen LogP contribution < -0.4 is 9.47 Å². The molecular formula is C25H21NO2S. The van der Waals surface area contributed by atoms with Gasteiger partial charge in [0.1, 0.15) is 4.83 Å². The first-order valence-corrected chi connectivity index (χ1v) is 11.0. The van der Waals surface area contributed by atoms with Gasteiger partial charge in [0.2, 0.25) is 6.79 Å². The Labute approximate surface area is 173 Å². The first kappa shape index (κ1) is 17.0. The minimum atomic E-state index is 0.289. The first-order valence-electron chi connectivity index (χ1n) is 10.2. The standard InChI is InChI=1S/C25H21NO2S/c1-15-5-4-6-16(11-15)19-13-20(17-9-10-21-22(12-17)28-14-27-21)26-25-24(19)18-7-2-3-8-23(18)29-25/h4-6,9-13H,2-3,7-8,14H2,1H3. The van der Waals surface area contributed by atoms with Crippen LogP contribution in [0.4, 0.5) is 0 Å². The van der Waals surface area contributed by atoms with Gasteiger partial charge in [-0.1, -0.05) is 29.8 Å². The van der Waals surface area contributed by atoms with Crippen molar-refractivity contribution >= 4 is 21.6 Å². The smallest absolute Gasteiger partial charge is 0.231 e. The molecule has 0 saturated carbocycles. The summed E-state index contributed by atoms with van der Waals surface area (Å²) < 4.78 is 11.1. The molecule has 3 nitrogen and oxygen atoms in total. The number of ether oxygens (including phenoxy) is 2. The number of aryl methyl sites for hydroxylation is 3. The molecule has 2 aromatic carbocycles. The molecule has 4 heteroatoms. The van der Waals surface area contributed by atoms with Gasteiger partial charge in [-0.2, -0.15) is 0 Å². The van der Waals surface area contributed by atoms with Crippen molar-refractivity contribution in [2.24, 2.45) is 0 Å². The number of pyridine rings is 1. The SMILES string of the molecule is Cc1cccc(-c2cc(-c3ccc4c(c3)OCO4)nc3sc4c(c23)CCCC4)c1. The molecule has 0 fully saturated rings. The van der Waals surface area contributed by atoms with Gasteiger partial charge < -0.3 is 9.47 Å². The topological polar surface area (TPSA) is 31.4 Å². The average molecular weight is 400 g/mol. The predicted octanol–water partition coefficient (Wildman–Crippen LogP) is 6.55. The number of hydrogen-bond donors (Lipinski definition) is 0. The summed E-state index contributed by atoms with van der Waals surface area (Å²) in [7, 11) is 0. The van der Waals surface area contributed by atoms with Crippen molar-refractivity contribution in [3.05, 3.63) is 64.5 Å². The Morgan fingerprint density at radius 2 is 1.79 bits per heavy atom. The average Bonchev–Trinajstić information content (AvgIpc) is 3.36. The quantitative estimate of drug-likeness (QED) is 0.383. The van der Waals surface area contributed by atoms with Crippen molar-refractivity contribution in [3.8, 4) is 33.9 Å². The van der Waals surface area contributed by atoms with Crippen LogP contribution in [-0.4, -0.2) is 11.8 Å². The highest BCUT2D eigenvalue weighted by molar-refractivity contribution is 7.19. The number of rotatable bonds is 2. The van der Waals surface area contributed by atoms with E-state index in [0.29, 0.717) is 0 Å². The van der Waals surface area contributed by atoms with Gasteiger partial charge in [0, 0.05) is 15.8 Å². The molecule has 0 atom stereocenters. The molecule has 0 spiro atoms. The lowest BCUT2D eigenvalue weighted by Gasteiger charge is -2.14. The molecule has 2 aliphatic rings. The van der Waals surface area contributed by atoms with E-state index in [2.05, 4.69) is 43.3 Å². The van der Waals surface area contributed by atoms with E-state index in [9.17, 15) is 0 Å². The fourth-order valence-corrected chi connectivity index (χ4v) is 5.79. The van der Waals surface area contributed by atoms with E-state index in [1.807, 2.05) is 23.5 Å². The van der Waals surface area contributed by atoms with Crippen LogP contribution in [0.2, 0.25) is 0 Å². The highest BCUT2D eigenvalue weighted by Gasteiger charge is 2.22. The summed E-state index contributed by atoms with van der Waals surface area (Å²) in [6.07, 6.45) is 4.91. The van der Waals surface area contributed by atoms with Gasteiger partial charge in [-0.25, -0.2) is 4.98 Å². The van der Waals surface area contributed by atoms with Crippen molar-refractivity contribution in [1.29, 1.82) is 0 Å². The number of hydrogen-bond acceptors (Lipinski definition) is 4.